The summed E-state index contributed by atoms with van der Waals surface area (Å²) in [6, 6.07) is 14.6. The Kier molecular flexibility index (Phi) is 11.2. The van der Waals surface area contributed by atoms with Gasteiger partial charge in [-0.3, -0.25) is 9.59 Å². The number of rotatable bonds is 8. The Morgan fingerprint density at radius 3 is 2.10 bits per heavy atom. The fourth-order valence-corrected chi connectivity index (χ4v) is 9.56. The van der Waals surface area contributed by atoms with Crippen molar-refractivity contribution in [1.29, 1.82) is 0 Å². The summed E-state index contributed by atoms with van der Waals surface area (Å²) >= 11 is 0. The molecule has 2 bridgehead atoms. The fourth-order valence-electron chi connectivity index (χ4n) is 9.56. The number of aliphatic hydroxyl groups is 4. The fraction of sp³-hybridized carbons (Fsp3) is 0.558. The van der Waals surface area contributed by atoms with Crippen molar-refractivity contribution in [3.63, 3.8) is 0 Å². The number of esters is 3. The maximum absolute atomic E-state index is 14.9. The Hall–Kier alpha value is -4.67. The maximum atomic E-state index is 14.9. The van der Waals surface area contributed by atoms with Gasteiger partial charge in [0.2, 0.25) is 0 Å². The standard InChI is InChI=1S/C43H53NO14/c1-22-26(55-37(51)32(48)30(24-15-11-9-12-16-24)44-38(52)58-39(3,4)5)20-43(53)35(56-36(50)25-17-13-10-14-18-25)33-41(8,34(49)31(47)29(22)40(43,6)7)27(46)19-28-42(33,21-54-28)57-23(2)45/h9-18,26-28,30-33,35,46-48,53H,19-21H2,1-8H3,(H,44,52)/t26-,27-,28-,30+,31+,32+,33+,35-,41+,42-,43?/m0/s1. The summed E-state index contributed by atoms with van der Waals surface area (Å²) in [6.07, 6.45) is -11.5. The molecule has 5 N–H and O–H groups in total. The Morgan fingerprint density at radius 1 is 0.948 bits per heavy atom. The lowest BCUT2D eigenvalue weighted by atomic mass is 9.44. The number of hydrogen-bond donors (Lipinski definition) is 5. The van der Waals surface area contributed by atoms with Gasteiger partial charge in [0.1, 0.15) is 35.6 Å². The number of alkyl carbamates (subject to hydrolysis) is 1. The predicted molar refractivity (Wildman–Crippen MR) is 204 cm³/mol. The van der Waals surface area contributed by atoms with Gasteiger partial charge in [0.15, 0.2) is 17.5 Å². The van der Waals surface area contributed by atoms with E-state index in [-0.39, 0.29) is 29.7 Å². The van der Waals surface area contributed by atoms with E-state index < -0.39 is 112 Å². The summed E-state index contributed by atoms with van der Waals surface area (Å²) in [6.45, 7) is 11.8. The molecule has 0 spiro atoms. The molecule has 1 heterocycles. The SMILES string of the molecule is CC(=O)O[C@@]12CO[C@H]1C[C@H](O)[C@@]1(C)C(=O)[C@H](O)C3=C(C)[C@@H](OC(=O)[C@H](O)[C@H](NC(=O)OC(C)(C)C)c4ccccc4)CC(O)([C@@H](OC(=O)c4ccccc4)[C@@H]21)C3(C)C. The normalized spacial score (nSPS) is 33.7. The second-order valence-electron chi connectivity index (χ2n) is 17.6. The smallest absolute Gasteiger partial charge is 0.408 e. The van der Waals surface area contributed by atoms with Crippen LogP contribution in [0.25, 0.3) is 0 Å². The molecule has 2 aromatic carbocycles. The highest BCUT2D eigenvalue weighted by Gasteiger charge is 2.78. The molecular formula is C43H53NO14. The molecule has 3 fully saturated rings. The third kappa shape index (κ3) is 7.10. The Labute approximate surface area is 336 Å². The van der Waals surface area contributed by atoms with Gasteiger partial charge in [-0.25, -0.2) is 14.4 Å². The molecule has 314 valence electrons. The minimum atomic E-state index is -2.35. The van der Waals surface area contributed by atoms with Crippen molar-refractivity contribution in [3.05, 3.63) is 82.9 Å². The van der Waals surface area contributed by atoms with Gasteiger partial charge in [-0.15, -0.1) is 0 Å². The number of ether oxygens (including phenoxy) is 5. The first-order valence-corrected chi connectivity index (χ1v) is 19.3. The zero-order valence-electron chi connectivity index (χ0n) is 33.9. The number of carbonyl (C=O) groups is 5. The average Bonchev–Trinajstić information content (AvgIpc) is 3.14. The average molecular weight is 808 g/mol. The topological polar surface area (TPSA) is 224 Å². The highest BCUT2D eigenvalue weighted by molar-refractivity contribution is 5.94. The second kappa shape index (κ2) is 15.2. The molecule has 1 amide bonds. The van der Waals surface area contributed by atoms with E-state index in [0.717, 1.165) is 6.92 Å². The van der Waals surface area contributed by atoms with Crippen LogP contribution < -0.4 is 5.32 Å². The van der Waals surface area contributed by atoms with Gasteiger partial charge in [-0.2, -0.15) is 0 Å². The first-order valence-electron chi connectivity index (χ1n) is 19.3. The number of amides is 1. The van der Waals surface area contributed by atoms with Crippen LogP contribution in [0.15, 0.2) is 71.8 Å². The number of carbonyl (C=O) groups excluding carboxylic acids is 5. The zero-order chi connectivity index (χ0) is 42.7. The lowest BCUT2D eigenvalue weighted by Gasteiger charge is -2.67. The summed E-state index contributed by atoms with van der Waals surface area (Å²) in [5, 5.41) is 51.6. The number of nitrogens with one attached hydrogen (secondary N) is 1. The van der Waals surface area contributed by atoms with Gasteiger partial charge in [-0.1, -0.05) is 62.4 Å². The number of aliphatic hydroxyl groups excluding tert-OH is 3. The van der Waals surface area contributed by atoms with Crippen LogP contribution in [0, 0.1) is 16.7 Å². The van der Waals surface area contributed by atoms with Crippen LogP contribution in [0.1, 0.15) is 90.2 Å². The Balaban J connectivity index is 1.49. The zero-order valence-corrected chi connectivity index (χ0v) is 33.9. The van der Waals surface area contributed by atoms with E-state index in [4.69, 9.17) is 23.7 Å². The van der Waals surface area contributed by atoms with Crippen LogP contribution in [0.4, 0.5) is 4.79 Å². The van der Waals surface area contributed by atoms with Crippen molar-refractivity contribution < 1.29 is 68.1 Å². The lowest BCUT2D eigenvalue weighted by Crippen LogP contribution is -2.81. The predicted octanol–water partition coefficient (Wildman–Crippen LogP) is 3.26. The molecule has 15 heteroatoms. The number of Topliss-reactive ketones (excluding diaryl/α,β-unsaturated/α-hetero) is 1. The third-order valence-corrected chi connectivity index (χ3v) is 12.6. The van der Waals surface area contributed by atoms with E-state index in [1.165, 1.54) is 26.0 Å². The van der Waals surface area contributed by atoms with Gasteiger partial charge >= 0.3 is 24.0 Å². The van der Waals surface area contributed by atoms with Crippen molar-refractivity contribution in [2.75, 3.05) is 6.61 Å². The van der Waals surface area contributed by atoms with Crippen LogP contribution >= 0.6 is 0 Å². The lowest BCUT2D eigenvalue weighted by molar-refractivity contribution is -0.346. The molecule has 1 unspecified atom stereocenters. The molecule has 1 saturated heterocycles. The summed E-state index contributed by atoms with van der Waals surface area (Å²) < 4.78 is 29.5. The largest absolute Gasteiger partial charge is 0.456 e. The van der Waals surface area contributed by atoms with E-state index >= 15 is 0 Å². The number of benzene rings is 2. The van der Waals surface area contributed by atoms with Gasteiger partial charge in [-0.05, 0) is 63.5 Å². The Morgan fingerprint density at radius 2 is 1.55 bits per heavy atom. The number of ketones is 1. The van der Waals surface area contributed by atoms with Gasteiger partial charge in [0.25, 0.3) is 0 Å². The molecule has 2 saturated carbocycles. The minimum absolute atomic E-state index is 0.0637. The van der Waals surface area contributed by atoms with Crippen LogP contribution in [-0.2, 0) is 38.1 Å². The van der Waals surface area contributed by atoms with E-state index in [2.05, 4.69) is 5.32 Å². The molecule has 4 aliphatic rings. The molecule has 0 radical (unpaired) electrons. The van der Waals surface area contributed by atoms with Crippen LogP contribution in [0.5, 0.6) is 0 Å². The van der Waals surface area contributed by atoms with Gasteiger partial charge in [0, 0.05) is 25.2 Å². The Bertz CT molecular complexity index is 1980. The van der Waals surface area contributed by atoms with Crippen molar-refractivity contribution in [3.8, 4) is 0 Å². The van der Waals surface area contributed by atoms with Crippen LogP contribution in [-0.4, -0.2) is 110 Å². The molecular weight excluding hydrogens is 754 g/mol. The van der Waals surface area contributed by atoms with Crippen molar-refractivity contribution in [2.45, 2.75) is 128 Å². The first kappa shape index (κ1) is 42.9. The minimum Gasteiger partial charge on any atom is -0.456 e. The van der Waals surface area contributed by atoms with Crippen LogP contribution in [0.2, 0.25) is 0 Å². The molecule has 15 nitrogen and oxygen atoms in total. The first-order chi connectivity index (χ1) is 27.0. The number of fused-ring (bicyclic) bond motifs is 5. The quantitative estimate of drug-likeness (QED) is 0.147. The van der Waals surface area contributed by atoms with Crippen molar-refractivity contribution in [1.82, 2.24) is 5.32 Å². The molecule has 3 aliphatic carbocycles. The maximum Gasteiger partial charge on any atom is 0.408 e. The van der Waals surface area contributed by atoms with Crippen molar-refractivity contribution in [2.24, 2.45) is 16.7 Å². The van der Waals surface area contributed by atoms with Crippen LogP contribution in [0.3, 0.4) is 0 Å². The van der Waals surface area contributed by atoms with Gasteiger partial charge in [0.05, 0.1) is 35.6 Å². The molecule has 0 aromatic heterocycles. The molecule has 6 rings (SSSR count). The summed E-state index contributed by atoms with van der Waals surface area (Å²) in [7, 11) is 0. The molecule has 2 aromatic rings. The third-order valence-electron chi connectivity index (χ3n) is 12.6. The van der Waals surface area contributed by atoms with Gasteiger partial charge < -0.3 is 49.4 Å². The van der Waals surface area contributed by atoms with E-state index in [0.29, 0.717) is 5.56 Å². The van der Waals surface area contributed by atoms with Crippen molar-refractivity contribution >= 4 is 29.8 Å². The molecule has 58 heavy (non-hydrogen) atoms. The highest BCUT2D eigenvalue weighted by Crippen LogP contribution is 2.64. The molecule has 11 atom stereocenters. The summed E-state index contributed by atoms with van der Waals surface area (Å²) in [4.78, 5) is 68.9. The van der Waals surface area contributed by atoms with E-state index in [9.17, 15) is 44.4 Å². The van der Waals surface area contributed by atoms with E-state index in [1.807, 2.05) is 0 Å². The van der Waals surface area contributed by atoms with E-state index in [1.54, 1.807) is 83.1 Å². The monoisotopic (exact) mass is 807 g/mol. The number of hydrogen-bond acceptors (Lipinski definition) is 14. The molecule has 1 aliphatic heterocycles. The second-order valence-corrected chi connectivity index (χ2v) is 17.6. The highest BCUT2D eigenvalue weighted by atomic mass is 16.6. The summed E-state index contributed by atoms with van der Waals surface area (Å²) in [5.74, 6) is -5.36. The summed E-state index contributed by atoms with van der Waals surface area (Å²) in [5.41, 5.74) is -8.14.